The number of anilines is 1. The maximum atomic E-state index is 12.6. The Bertz CT molecular complexity index is 527. The van der Waals surface area contributed by atoms with Crippen LogP contribution in [0.4, 0.5) is 9.39 Å². The van der Waals surface area contributed by atoms with Crippen LogP contribution in [0.3, 0.4) is 0 Å². The molecule has 4 nitrogen and oxygen atoms in total. The SMILES string of the molecule is O=S([O-])Nc1ccc(Oc2ccc(F)cc2)s1. The van der Waals surface area contributed by atoms with Crippen LogP contribution in [0.2, 0.25) is 0 Å². The van der Waals surface area contributed by atoms with Gasteiger partial charge in [-0.1, -0.05) is 11.3 Å². The van der Waals surface area contributed by atoms with E-state index in [4.69, 9.17) is 4.74 Å². The molecule has 1 aromatic carbocycles. The zero-order chi connectivity index (χ0) is 12.3. The second kappa shape index (κ2) is 5.26. The number of halogens is 1. The lowest BCUT2D eigenvalue weighted by Gasteiger charge is -2.04. The number of thiophene rings is 1. The first kappa shape index (κ1) is 12.0. The molecule has 1 heterocycles. The van der Waals surface area contributed by atoms with Crippen LogP contribution in [0, 0.1) is 5.82 Å². The third-order valence-corrected chi connectivity index (χ3v) is 3.19. The van der Waals surface area contributed by atoms with Crippen LogP contribution in [0.1, 0.15) is 0 Å². The number of benzene rings is 1. The first-order chi connectivity index (χ1) is 8.13. The Morgan fingerprint density at radius 3 is 2.59 bits per heavy atom. The Kier molecular flexibility index (Phi) is 3.72. The Hall–Kier alpha value is -1.44. The molecule has 7 heteroatoms. The lowest BCUT2D eigenvalue weighted by Crippen LogP contribution is -1.99. The second-order valence-corrected chi connectivity index (χ2v) is 4.73. The van der Waals surface area contributed by atoms with Gasteiger partial charge in [0, 0.05) is 11.3 Å². The molecule has 17 heavy (non-hydrogen) atoms. The van der Waals surface area contributed by atoms with Crippen LogP contribution >= 0.6 is 11.3 Å². The van der Waals surface area contributed by atoms with Crippen LogP contribution < -0.4 is 9.46 Å². The van der Waals surface area contributed by atoms with E-state index in [1.807, 2.05) is 0 Å². The van der Waals surface area contributed by atoms with Crippen LogP contribution in [0.5, 0.6) is 10.8 Å². The standard InChI is InChI=1S/C10H8FNO3S2/c11-7-1-3-8(4-2-7)15-10-6-5-9(16-10)12-17(13)14/h1-6,12H,(H,13,14)/p-1. The molecule has 0 radical (unpaired) electrons. The summed E-state index contributed by atoms with van der Waals surface area (Å²) in [5.41, 5.74) is 0. The van der Waals surface area contributed by atoms with Gasteiger partial charge in [-0.25, -0.2) is 4.39 Å². The average Bonchev–Trinajstić information content (AvgIpc) is 2.68. The molecule has 0 spiro atoms. The number of hydrogen-bond acceptors (Lipinski definition) is 4. The van der Waals surface area contributed by atoms with E-state index in [2.05, 4.69) is 4.72 Å². The molecule has 0 aliphatic carbocycles. The summed E-state index contributed by atoms with van der Waals surface area (Å²) in [6.45, 7) is 0. The molecule has 0 saturated carbocycles. The largest absolute Gasteiger partial charge is 0.755 e. The maximum absolute atomic E-state index is 12.6. The molecule has 2 rings (SSSR count). The predicted octanol–water partition coefficient (Wildman–Crippen LogP) is 2.89. The molecule has 0 saturated heterocycles. The summed E-state index contributed by atoms with van der Waals surface area (Å²) in [5, 5.41) is 0.972. The molecule has 1 aromatic heterocycles. The molecule has 0 aliphatic rings. The Morgan fingerprint density at radius 2 is 1.94 bits per heavy atom. The zero-order valence-electron chi connectivity index (χ0n) is 8.38. The Balaban J connectivity index is 2.06. The zero-order valence-corrected chi connectivity index (χ0v) is 10.0. The molecular formula is C10H7FNO3S2-. The van der Waals surface area contributed by atoms with Gasteiger partial charge in [-0.15, -0.1) is 0 Å². The lowest BCUT2D eigenvalue weighted by atomic mass is 10.3. The molecule has 1 atom stereocenters. The fourth-order valence-corrected chi connectivity index (χ4v) is 2.36. The summed E-state index contributed by atoms with van der Waals surface area (Å²) in [6, 6.07) is 8.77. The number of nitrogens with one attached hydrogen (secondary N) is 1. The highest BCUT2D eigenvalue weighted by Gasteiger charge is 2.02. The first-order valence-corrected chi connectivity index (χ1v) is 6.42. The summed E-state index contributed by atoms with van der Waals surface area (Å²) < 4.78 is 41.0. The molecule has 0 fully saturated rings. The van der Waals surface area contributed by atoms with Crippen molar-refractivity contribution in [3.63, 3.8) is 0 Å². The van der Waals surface area contributed by atoms with Crippen molar-refractivity contribution in [2.24, 2.45) is 0 Å². The van der Waals surface area contributed by atoms with E-state index in [9.17, 15) is 13.2 Å². The fraction of sp³-hybridized carbons (Fsp3) is 0. The number of hydrogen-bond donors (Lipinski definition) is 1. The number of rotatable bonds is 4. The third-order valence-electron chi connectivity index (χ3n) is 1.80. The van der Waals surface area contributed by atoms with Crippen LogP contribution in [-0.2, 0) is 11.3 Å². The molecule has 0 amide bonds. The predicted molar refractivity (Wildman–Crippen MR) is 63.3 cm³/mol. The van der Waals surface area contributed by atoms with Gasteiger partial charge < -0.3 is 14.0 Å². The van der Waals surface area contributed by atoms with Crippen LogP contribution in [0.15, 0.2) is 36.4 Å². The Morgan fingerprint density at radius 1 is 1.24 bits per heavy atom. The van der Waals surface area contributed by atoms with E-state index < -0.39 is 11.3 Å². The summed E-state index contributed by atoms with van der Waals surface area (Å²) >= 11 is -1.21. The molecule has 2 aromatic rings. The van der Waals surface area contributed by atoms with Crippen molar-refractivity contribution in [2.75, 3.05) is 4.72 Å². The minimum Gasteiger partial charge on any atom is -0.755 e. The third kappa shape index (κ3) is 3.52. The van der Waals surface area contributed by atoms with Gasteiger partial charge in [0.1, 0.15) is 16.6 Å². The van der Waals surface area contributed by atoms with Crippen molar-refractivity contribution in [2.45, 2.75) is 0 Å². The van der Waals surface area contributed by atoms with Gasteiger partial charge in [-0.05, 0) is 36.4 Å². The highest BCUT2D eigenvalue weighted by molar-refractivity contribution is 7.80. The van der Waals surface area contributed by atoms with Gasteiger partial charge in [0.2, 0.25) is 0 Å². The maximum Gasteiger partial charge on any atom is 0.182 e. The van der Waals surface area contributed by atoms with E-state index in [1.54, 1.807) is 12.1 Å². The van der Waals surface area contributed by atoms with Crippen molar-refractivity contribution in [1.29, 1.82) is 0 Å². The monoisotopic (exact) mass is 272 g/mol. The highest BCUT2D eigenvalue weighted by Crippen LogP contribution is 2.32. The lowest BCUT2D eigenvalue weighted by molar-refractivity contribution is 0.494. The van der Waals surface area contributed by atoms with Crippen LogP contribution in [0.25, 0.3) is 0 Å². The van der Waals surface area contributed by atoms with E-state index in [1.165, 1.54) is 24.3 Å². The molecule has 1 unspecified atom stereocenters. The quantitative estimate of drug-likeness (QED) is 0.870. The van der Waals surface area contributed by atoms with Gasteiger partial charge >= 0.3 is 0 Å². The number of ether oxygens (including phenoxy) is 1. The van der Waals surface area contributed by atoms with Gasteiger partial charge in [0.15, 0.2) is 5.06 Å². The van der Waals surface area contributed by atoms with Crippen LogP contribution in [-0.4, -0.2) is 8.76 Å². The molecule has 0 bridgehead atoms. The topological polar surface area (TPSA) is 61.4 Å². The summed E-state index contributed by atoms with van der Waals surface area (Å²) in [5.74, 6) is 0.149. The van der Waals surface area contributed by atoms with Gasteiger partial charge in [-0.3, -0.25) is 4.21 Å². The smallest absolute Gasteiger partial charge is 0.182 e. The van der Waals surface area contributed by atoms with E-state index >= 15 is 0 Å². The summed E-state index contributed by atoms with van der Waals surface area (Å²) in [6.07, 6.45) is 0. The van der Waals surface area contributed by atoms with Crippen molar-refractivity contribution < 1.29 is 17.9 Å². The first-order valence-electron chi connectivity index (χ1n) is 4.52. The second-order valence-electron chi connectivity index (χ2n) is 3.01. The molecular weight excluding hydrogens is 265 g/mol. The van der Waals surface area contributed by atoms with Crippen molar-refractivity contribution in [1.82, 2.24) is 0 Å². The van der Waals surface area contributed by atoms with E-state index in [0.29, 0.717) is 15.8 Å². The van der Waals surface area contributed by atoms with E-state index in [0.717, 1.165) is 11.3 Å². The average molecular weight is 272 g/mol. The Labute approximate surface area is 103 Å². The van der Waals surface area contributed by atoms with Crippen molar-refractivity contribution in [3.8, 4) is 10.8 Å². The molecule has 1 N–H and O–H groups in total. The summed E-state index contributed by atoms with van der Waals surface area (Å²) in [4.78, 5) is 0. The van der Waals surface area contributed by atoms with Gasteiger partial charge in [0.25, 0.3) is 0 Å². The minimum absolute atomic E-state index is 0.340. The molecule has 90 valence electrons. The minimum atomic E-state index is -2.35. The van der Waals surface area contributed by atoms with Gasteiger partial charge in [-0.2, -0.15) is 0 Å². The normalized spacial score (nSPS) is 12.1. The molecule has 0 aliphatic heterocycles. The fourth-order valence-electron chi connectivity index (χ4n) is 1.13. The summed E-state index contributed by atoms with van der Waals surface area (Å²) in [7, 11) is 0. The van der Waals surface area contributed by atoms with Crippen molar-refractivity contribution >= 4 is 27.6 Å². The highest BCUT2D eigenvalue weighted by atomic mass is 32.2. The van der Waals surface area contributed by atoms with Crippen molar-refractivity contribution in [3.05, 3.63) is 42.2 Å². The van der Waals surface area contributed by atoms with E-state index in [-0.39, 0.29) is 5.82 Å². The van der Waals surface area contributed by atoms with Gasteiger partial charge in [0.05, 0.1) is 0 Å².